The largest absolute Gasteiger partial charge is 0.392 e. The summed E-state index contributed by atoms with van der Waals surface area (Å²) < 4.78 is 0. The van der Waals surface area contributed by atoms with Crippen LogP contribution in [-0.4, -0.2) is 10.2 Å². The number of hydrogen-bond acceptors (Lipinski definition) is 2. The molecule has 0 aliphatic rings. The first-order chi connectivity index (χ1) is 9.60. The highest BCUT2D eigenvalue weighted by atomic mass is 35.5. The molecule has 3 N–H and O–H groups in total. The molecule has 0 heterocycles. The van der Waals surface area contributed by atoms with Crippen LogP contribution in [0.3, 0.4) is 0 Å². The number of para-hydroxylation sites is 1. The predicted molar refractivity (Wildman–Crippen MR) is 88.7 cm³/mol. The molecule has 0 fully saturated rings. The molecule has 0 spiro atoms. The lowest BCUT2D eigenvalue weighted by molar-refractivity contribution is 0.282. The second-order valence-electron chi connectivity index (χ2n) is 4.02. The molecular weight excluding hydrogens is 315 g/mol. The van der Waals surface area contributed by atoms with Crippen LogP contribution in [0.4, 0.5) is 11.4 Å². The van der Waals surface area contributed by atoms with Crippen LogP contribution in [0.5, 0.6) is 0 Å². The molecule has 0 bridgehead atoms. The molecule has 0 radical (unpaired) electrons. The zero-order valence-electron chi connectivity index (χ0n) is 10.4. The van der Waals surface area contributed by atoms with Crippen molar-refractivity contribution in [1.29, 1.82) is 0 Å². The smallest absolute Gasteiger partial charge is 0.175 e. The van der Waals surface area contributed by atoms with Gasteiger partial charge in [-0.1, -0.05) is 41.4 Å². The summed E-state index contributed by atoms with van der Waals surface area (Å²) in [5.41, 5.74) is 2.26. The zero-order chi connectivity index (χ0) is 14.5. The Balaban J connectivity index is 2.07. The van der Waals surface area contributed by atoms with E-state index in [1.807, 2.05) is 24.3 Å². The zero-order valence-corrected chi connectivity index (χ0v) is 12.7. The van der Waals surface area contributed by atoms with Gasteiger partial charge in [0.2, 0.25) is 0 Å². The van der Waals surface area contributed by atoms with E-state index in [2.05, 4.69) is 10.6 Å². The summed E-state index contributed by atoms with van der Waals surface area (Å²) in [5.74, 6) is 0. The van der Waals surface area contributed by atoms with E-state index in [0.717, 1.165) is 16.9 Å². The van der Waals surface area contributed by atoms with Gasteiger partial charge in [0.1, 0.15) is 0 Å². The molecule has 0 atom stereocenters. The summed E-state index contributed by atoms with van der Waals surface area (Å²) in [4.78, 5) is 0. The van der Waals surface area contributed by atoms with Crippen molar-refractivity contribution in [2.24, 2.45) is 0 Å². The monoisotopic (exact) mass is 326 g/mol. The number of hydrogen-bond donors (Lipinski definition) is 3. The molecule has 2 aromatic carbocycles. The maximum Gasteiger partial charge on any atom is 0.175 e. The maximum atomic E-state index is 9.25. The average molecular weight is 327 g/mol. The van der Waals surface area contributed by atoms with E-state index in [-0.39, 0.29) is 6.61 Å². The van der Waals surface area contributed by atoms with Crippen molar-refractivity contribution in [3.05, 3.63) is 58.1 Å². The van der Waals surface area contributed by atoms with Gasteiger partial charge in [-0.15, -0.1) is 0 Å². The minimum Gasteiger partial charge on any atom is -0.392 e. The van der Waals surface area contributed by atoms with E-state index in [9.17, 15) is 5.11 Å². The van der Waals surface area contributed by atoms with Gasteiger partial charge >= 0.3 is 0 Å². The molecule has 6 heteroatoms. The number of anilines is 2. The topological polar surface area (TPSA) is 44.3 Å². The highest BCUT2D eigenvalue weighted by Gasteiger charge is 2.04. The van der Waals surface area contributed by atoms with Gasteiger partial charge in [0.05, 0.1) is 16.7 Å². The van der Waals surface area contributed by atoms with Crippen molar-refractivity contribution >= 4 is 51.9 Å². The number of aliphatic hydroxyl groups is 1. The third-order valence-electron chi connectivity index (χ3n) is 2.61. The van der Waals surface area contributed by atoms with Crippen LogP contribution < -0.4 is 10.6 Å². The number of halogens is 2. The molecule has 0 amide bonds. The maximum absolute atomic E-state index is 9.25. The molecule has 0 unspecified atom stereocenters. The van der Waals surface area contributed by atoms with Gasteiger partial charge < -0.3 is 15.7 Å². The third kappa shape index (κ3) is 3.84. The highest BCUT2D eigenvalue weighted by Crippen LogP contribution is 2.25. The van der Waals surface area contributed by atoms with E-state index in [1.165, 1.54) is 0 Å². The number of rotatable bonds is 3. The Morgan fingerprint density at radius 3 is 2.50 bits per heavy atom. The van der Waals surface area contributed by atoms with Crippen LogP contribution in [0, 0.1) is 0 Å². The van der Waals surface area contributed by atoms with Crippen molar-refractivity contribution in [2.45, 2.75) is 6.61 Å². The predicted octanol–water partition coefficient (Wildman–Crippen LogP) is 4.29. The average Bonchev–Trinajstić information content (AvgIpc) is 2.43. The van der Waals surface area contributed by atoms with E-state index in [1.54, 1.807) is 18.2 Å². The summed E-state index contributed by atoms with van der Waals surface area (Å²) in [7, 11) is 0. The quantitative estimate of drug-likeness (QED) is 0.736. The van der Waals surface area contributed by atoms with Gasteiger partial charge in [-0.3, -0.25) is 0 Å². The van der Waals surface area contributed by atoms with Gasteiger partial charge in [0, 0.05) is 16.9 Å². The van der Waals surface area contributed by atoms with Gasteiger partial charge in [-0.25, -0.2) is 0 Å². The van der Waals surface area contributed by atoms with Crippen LogP contribution >= 0.6 is 35.4 Å². The van der Waals surface area contributed by atoms with Crippen LogP contribution in [0.1, 0.15) is 5.56 Å². The van der Waals surface area contributed by atoms with Crippen molar-refractivity contribution in [1.82, 2.24) is 0 Å². The van der Waals surface area contributed by atoms with Crippen molar-refractivity contribution in [3.8, 4) is 0 Å². The summed E-state index contributed by atoms with van der Waals surface area (Å²) in [6, 6.07) is 12.5. The summed E-state index contributed by atoms with van der Waals surface area (Å²) in [6.07, 6.45) is 0. The second-order valence-corrected chi connectivity index (χ2v) is 5.25. The van der Waals surface area contributed by atoms with E-state index in [4.69, 9.17) is 35.4 Å². The summed E-state index contributed by atoms with van der Waals surface area (Å²) in [6.45, 7) is -0.0570. The van der Waals surface area contributed by atoms with Crippen LogP contribution in [0.15, 0.2) is 42.5 Å². The lowest BCUT2D eigenvalue weighted by Gasteiger charge is -2.13. The minimum absolute atomic E-state index is 0.0570. The molecule has 0 saturated heterocycles. The molecule has 2 aromatic rings. The third-order valence-corrected chi connectivity index (χ3v) is 3.56. The van der Waals surface area contributed by atoms with Gasteiger partial charge in [-0.05, 0) is 36.5 Å². The Bertz CT molecular complexity index is 634. The first-order valence-electron chi connectivity index (χ1n) is 5.82. The number of benzene rings is 2. The van der Waals surface area contributed by atoms with Gasteiger partial charge in [0.25, 0.3) is 0 Å². The molecule has 0 aromatic heterocycles. The first kappa shape index (κ1) is 15.1. The summed E-state index contributed by atoms with van der Waals surface area (Å²) >= 11 is 17.0. The standard InChI is InChI=1S/C14H12Cl2N2OS/c15-11-6-5-10(7-12(11)16)17-14(20)18-13-4-2-1-3-9(13)8-19/h1-7,19H,8H2,(H2,17,18,20). The highest BCUT2D eigenvalue weighted by molar-refractivity contribution is 7.80. The fourth-order valence-electron chi connectivity index (χ4n) is 1.64. The number of thiocarbonyl (C=S) groups is 1. The number of aliphatic hydroxyl groups excluding tert-OH is 1. The first-order valence-corrected chi connectivity index (χ1v) is 6.98. The Hall–Kier alpha value is -1.33. The summed E-state index contributed by atoms with van der Waals surface area (Å²) in [5, 5.41) is 16.6. The Morgan fingerprint density at radius 2 is 1.80 bits per heavy atom. The molecule has 0 aliphatic heterocycles. The molecule has 104 valence electrons. The molecule has 20 heavy (non-hydrogen) atoms. The molecule has 0 saturated carbocycles. The molecular formula is C14H12Cl2N2OS. The fraction of sp³-hybridized carbons (Fsp3) is 0.0714. The lowest BCUT2D eigenvalue weighted by atomic mass is 10.2. The van der Waals surface area contributed by atoms with Crippen LogP contribution in [0.25, 0.3) is 0 Å². The van der Waals surface area contributed by atoms with Crippen molar-refractivity contribution in [3.63, 3.8) is 0 Å². The van der Waals surface area contributed by atoms with E-state index < -0.39 is 0 Å². The van der Waals surface area contributed by atoms with Crippen LogP contribution in [0.2, 0.25) is 10.0 Å². The molecule has 3 nitrogen and oxygen atoms in total. The SMILES string of the molecule is OCc1ccccc1NC(=S)Nc1ccc(Cl)c(Cl)c1. The van der Waals surface area contributed by atoms with Gasteiger partial charge in [0.15, 0.2) is 5.11 Å². The van der Waals surface area contributed by atoms with E-state index in [0.29, 0.717) is 15.2 Å². The fourth-order valence-corrected chi connectivity index (χ4v) is 2.16. The van der Waals surface area contributed by atoms with Gasteiger partial charge in [-0.2, -0.15) is 0 Å². The number of nitrogens with one attached hydrogen (secondary N) is 2. The molecule has 0 aliphatic carbocycles. The Kier molecular flexibility index (Phi) is 5.20. The van der Waals surface area contributed by atoms with Crippen molar-refractivity contribution < 1.29 is 5.11 Å². The Morgan fingerprint density at radius 1 is 1.05 bits per heavy atom. The second kappa shape index (κ2) is 6.90. The molecule has 2 rings (SSSR count). The Labute approximate surface area is 132 Å². The van der Waals surface area contributed by atoms with Crippen LogP contribution in [-0.2, 0) is 6.61 Å². The normalized spacial score (nSPS) is 10.2. The van der Waals surface area contributed by atoms with E-state index >= 15 is 0 Å². The minimum atomic E-state index is -0.0570. The van der Waals surface area contributed by atoms with Crippen molar-refractivity contribution in [2.75, 3.05) is 10.6 Å². The lowest BCUT2D eigenvalue weighted by Crippen LogP contribution is -2.19.